The Kier molecular flexibility index (Phi) is 6.44. The average Bonchev–Trinajstić information content (AvgIpc) is 2.45. The maximum absolute atomic E-state index is 6.19. The van der Waals surface area contributed by atoms with Gasteiger partial charge in [-0.3, -0.25) is 0 Å². The number of alkyl halides is 1. The zero-order valence-corrected chi connectivity index (χ0v) is 15.5. The van der Waals surface area contributed by atoms with E-state index in [1.165, 1.54) is 37.7 Å². The van der Waals surface area contributed by atoms with Gasteiger partial charge in [0.25, 0.3) is 0 Å². The van der Waals surface area contributed by atoms with Crippen molar-refractivity contribution >= 4 is 49.5 Å². The van der Waals surface area contributed by atoms with Gasteiger partial charge in [0.05, 0.1) is 11.6 Å². The molecule has 4 heteroatoms. The van der Waals surface area contributed by atoms with Gasteiger partial charge in [-0.15, -0.1) is 11.6 Å². The van der Waals surface area contributed by atoms with Crippen LogP contribution in [0.1, 0.15) is 37.7 Å². The molecule has 1 nitrogen and oxygen atoms in total. The molecule has 0 saturated heterocycles. The first-order chi connectivity index (χ1) is 9.65. The fraction of sp³-hybridized carbons (Fsp3) is 0.500. The second-order valence-electron chi connectivity index (χ2n) is 5.20. The van der Waals surface area contributed by atoms with Crippen LogP contribution in [0.2, 0.25) is 0 Å². The highest BCUT2D eigenvalue weighted by atomic mass is 79.9. The summed E-state index contributed by atoms with van der Waals surface area (Å²) >= 11 is 13.3. The molecule has 0 aliphatic heterocycles. The molecule has 0 aromatic heterocycles. The van der Waals surface area contributed by atoms with Gasteiger partial charge in [-0.25, -0.2) is 0 Å². The Morgan fingerprint density at radius 1 is 1.30 bits per heavy atom. The molecule has 0 heterocycles. The van der Waals surface area contributed by atoms with Gasteiger partial charge in [-0.2, -0.15) is 0 Å². The van der Waals surface area contributed by atoms with E-state index in [1.54, 1.807) is 7.11 Å². The number of benzene rings is 1. The van der Waals surface area contributed by atoms with Crippen LogP contribution in [0.5, 0.6) is 5.75 Å². The maximum Gasteiger partial charge on any atom is 0.140 e. The molecular weight excluding hydrogens is 403 g/mol. The Morgan fingerprint density at radius 2 is 2.00 bits per heavy atom. The molecule has 0 unspecified atom stereocenters. The van der Waals surface area contributed by atoms with E-state index in [1.807, 2.05) is 6.07 Å². The Labute approximate surface area is 143 Å². The van der Waals surface area contributed by atoms with Crippen molar-refractivity contribution in [3.8, 4) is 5.75 Å². The van der Waals surface area contributed by atoms with Gasteiger partial charge in [0.2, 0.25) is 0 Å². The molecule has 110 valence electrons. The minimum Gasteiger partial charge on any atom is -0.495 e. The van der Waals surface area contributed by atoms with E-state index in [9.17, 15) is 0 Å². The monoisotopic (exact) mass is 420 g/mol. The molecule has 0 spiro atoms. The van der Waals surface area contributed by atoms with E-state index >= 15 is 0 Å². The summed E-state index contributed by atoms with van der Waals surface area (Å²) in [5.74, 6) is 2.09. The van der Waals surface area contributed by atoms with Crippen LogP contribution < -0.4 is 4.74 Å². The number of hydrogen-bond acceptors (Lipinski definition) is 1. The molecule has 1 aliphatic rings. The summed E-state index contributed by atoms with van der Waals surface area (Å²) in [6.07, 6.45) is 8.72. The summed E-state index contributed by atoms with van der Waals surface area (Å²) in [7, 11) is 1.70. The highest BCUT2D eigenvalue weighted by molar-refractivity contribution is 9.11. The van der Waals surface area contributed by atoms with E-state index in [4.69, 9.17) is 16.3 Å². The van der Waals surface area contributed by atoms with Crippen LogP contribution in [-0.2, 0) is 0 Å². The highest BCUT2D eigenvalue weighted by Crippen LogP contribution is 2.37. The molecular formula is C16H19Br2ClO. The van der Waals surface area contributed by atoms with Crippen LogP contribution in [0.4, 0.5) is 0 Å². The highest BCUT2D eigenvalue weighted by Gasteiger charge is 2.18. The van der Waals surface area contributed by atoms with Gasteiger partial charge >= 0.3 is 0 Å². The SMILES string of the molecule is COc1c(Br)cc(Br)cc1/C=C(/CCl)C1CCCCC1. The maximum atomic E-state index is 6.19. The van der Waals surface area contributed by atoms with Crippen molar-refractivity contribution in [1.82, 2.24) is 0 Å². The third kappa shape index (κ3) is 4.02. The zero-order chi connectivity index (χ0) is 14.5. The Morgan fingerprint density at radius 3 is 2.60 bits per heavy atom. The van der Waals surface area contributed by atoms with E-state index < -0.39 is 0 Å². The minimum atomic E-state index is 0.595. The summed E-state index contributed by atoms with van der Waals surface area (Å²) < 4.78 is 7.50. The molecule has 20 heavy (non-hydrogen) atoms. The van der Waals surface area contributed by atoms with Crippen molar-refractivity contribution in [2.24, 2.45) is 5.92 Å². The van der Waals surface area contributed by atoms with Crippen molar-refractivity contribution in [2.75, 3.05) is 13.0 Å². The molecule has 1 aromatic rings. The number of ether oxygens (including phenoxy) is 1. The first-order valence-corrected chi connectivity index (χ1v) is 9.07. The predicted molar refractivity (Wildman–Crippen MR) is 93.7 cm³/mol. The van der Waals surface area contributed by atoms with Crippen molar-refractivity contribution in [3.05, 3.63) is 32.2 Å². The molecule has 0 bridgehead atoms. The predicted octanol–water partition coefficient (Wildman–Crippen LogP) is 6.42. The van der Waals surface area contributed by atoms with Crippen LogP contribution in [0.15, 0.2) is 26.7 Å². The molecule has 1 aromatic carbocycles. The van der Waals surface area contributed by atoms with Crippen LogP contribution in [-0.4, -0.2) is 13.0 Å². The van der Waals surface area contributed by atoms with E-state index in [0.717, 1.165) is 20.3 Å². The zero-order valence-electron chi connectivity index (χ0n) is 11.6. The first kappa shape index (κ1) is 16.4. The number of allylic oxidation sites excluding steroid dienone is 1. The molecule has 0 N–H and O–H groups in total. The molecule has 0 radical (unpaired) electrons. The van der Waals surface area contributed by atoms with Gasteiger partial charge in [0, 0.05) is 15.9 Å². The standard InChI is InChI=1S/C16H19Br2ClO/c1-20-16-12(8-14(17)9-15(16)18)7-13(10-19)11-5-3-2-4-6-11/h7-9,11H,2-6,10H2,1H3/b13-7-. The lowest BCUT2D eigenvalue weighted by Crippen LogP contribution is -2.10. The summed E-state index contributed by atoms with van der Waals surface area (Å²) in [6.45, 7) is 0. The first-order valence-electron chi connectivity index (χ1n) is 6.95. The van der Waals surface area contributed by atoms with Gasteiger partial charge in [0.1, 0.15) is 5.75 Å². The average molecular weight is 423 g/mol. The van der Waals surface area contributed by atoms with Gasteiger partial charge in [-0.1, -0.05) is 46.8 Å². The third-order valence-corrected chi connectivity index (χ3v) is 5.22. The fourth-order valence-corrected chi connectivity index (χ4v) is 4.56. The van der Waals surface area contributed by atoms with Crippen LogP contribution in [0, 0.1) is 5.92 Å². The Balaban J connectivity index is 2.35. The quantitative estimate of drug-likeness (QED) is 0.509. The van der Waals surface area contributed by atoms with Gasteiger partial charge in [-0.05, 0) is 46.8 Å². The number of halogens is 3. The lowest BCUT2D eigenvalue weighted by Gasteiger charge is -2.23. The number of rotatable bonds is 4. The van der Waals surface area contributed by atoms with Crippen LogP contribution in [0.25, 0.3) is 6.08 Å². The lowest BCUT2D eigenvalue weighted by atomic mass is 9.83. The Bertz CT molecular complexity index is 493. The van der Waals surface area contributed by atoms with Gasteiger partial charge < -0.3 is 4.74 Å². The number of hydrogen-bond donors (Lipinski definition) is 0. The molecule has 1 fully saturated rings. The van der Waals surface area contributed by atoms with E-state index in [0.29, 0.717) is 11.8 Å². The molecule has 1 saturated carbocycles. The van der Waals surface area contributed by atoms with Crippen LogP contribution >= 0.6 is 43.5 Å². The summed E-state index contributed by atoms with van der Waals surface area (Å²) in [5.41, 5.74) is 2.41. The van der Waals surface area contributed by atoms with Crippen molar-refractivity contribution in [1.29, 1.82) is 0 Å². The largest absolute Gasteiger partial charge is 0.495 e. The molecule has 1 aliphatic carbocycles. The van der Waals surface area contributed by atoms with E-state index in [2.05, 4.69) is 44.0 Å². The third-order valence-electron chi connectivity index (χ3n) is 3.87. The second-order valence-corrected chi connectivity index (χ2v) is 7.24. The smallest absolute Gasteiger partial charge is 0.140 e. The van der Waals surface area contributed by atoms with Gasteiger partial charge in [0.15, 0.2) is 0 Å². The fourth-order valence-electron chi connectivity index (χ4n) is 2.84. The topological polar surface area (TPSA) is 9.23 Å². The summed E-state index contributed by atoms with van der Waals surface area (Å²) in [5, 5.41) is 0. The van der Waals surface area contributed by atoms with E-state index in [-0.39, 0.29) is 0 Å². The lowest BCUT2D eigenvalue weighted by molar-refractivity contribution is 0.403. The second kappa shape index (κ2) is 7.86. The van der Waals surface area contributed by atoms with Crippen molar-refractivity contribution in [3.63, 3.8) is 0 Å². The normalized spacial score (nSPS) is 17.3. The Hall–Kier alpha value is 0.01000. The summed E-state index contributed by atoms with van der Waals surface area (Å²) in [6, 6.07) is 4.08. The van der Waals surface area contributed by atoms with Crippen molar-refractivity contribution < 1.29 is 4.74 Å². The molecule has 0 atom stereocenters. The molecule has 0 amide bonds. The minimum absolute atomic E-state index is 0.595. The van der Waals surface area contributed by atoms with Crippen LogP contribution in [0.3, 0.4) is 0 Å². The number of methoxy groups -OCH3 is 1. The van der Waals surface area contributed by atoms with Crippen molar-refractivity contribution in [2.45, 2.75) is 32.1 Å². The summed E-state index contributed by atoms with van der Waals surface area (Å²) in [4.78, 5) is 0. The molecule has 2 rings (SSSR count).